The molecule has 1 aliphatic rings. The van der Waals surface area contributed by atoms with E-state index in [1.807, 2.05) is 0 Å². The smallest absolute Gasteiger partial charge is 0.290 e. The van der Waals surface area contributed by atoms with E-state index in [4.69, 9.17) is 0 Å². The summed E-state index contributed by atoms with van der Waals surface area (Å²) in [6.45, 7) is 3.90. The number of hydrogen-bond acceptors (Lipinski definition) is 4. The van der Waals surface area contributed by atoms with Crippen LogP contribution in [0.1, 0.15) is 25.3 Å². The Morgan fingerprint density at radius 1 is 1.69 bits per heavy atom. The van der Waals surface area contributed by atoms with E-state index in [0.717, 1.165) is 11.7 Å². The predicted molar refractivity (Wildman–Crippen MR) is 61.4 cm³/mol. The summed E-state index contributed by atoms with van der Waals surface area (Å²) < 4.78 is 0. The monoisotopic (exact) mass is 221 g/mol. The normalized spacial score (nSPS) is 22.9. The van der Waals surface area contributed by atoms with Crippen LogP contribution >= 0.6 is 0 Å². The molecule has 0 radical (unpaired) electrons. The maximum absolute atomic E-state index is 10.6. The lowest BCUT2D eigenvalue weighted by Crippen LogP contribution is -2.06. The molecular formula is C11H15N3O2. The zero-order chi connectivity index (χ0) is 11.7. The fourth-order valence-electron chi connectivity index (χ4n) is 1.88. The van der Waals surface area contributed by atoms with E-state index >= 15 is 0 Å². The Morgan fingerprint density at radius 3 is 2.94 bits per heavy atom. The molecule has 1 fully saturated rings. The third-order valence-corrected chi connectivity index (χ3v) is 3.06. The highest BCUT2D eigenvalue weighted by Gasteiger charge is 2.35. The minimum atomic E-state index is -0.405. The highest BCUT2D eigenvalue weighted by atomic mass is 16.6. The Balaban J connectivity index is 2.07. The molecule has 0 aliphatic heterocycles. The van der Waals surface area contributed by atoms with Gasteiger partial charge in [-0.05, 0) is 25.3 Å². The third kappa shape index (κ3) is 2.13. The van der Waals surface area contributed by atoms with Crippen LogP contribution in [0.3, 0.4) is 0 Å². The molecule has 2 rings (SSSR count). The molecule has 1 saturated carbocycles. The van der Waals surface area contributed by atoms with Crippen LogP contribution in [0.4, 0.5) is 11.5 Å². The van der Waals surface area contributed by atoms with E-state index in [-0.39, 0.29) is 5.69 Å². The van der Waals surface area contributed by atoms with Gasteiger partial charge in [0.2, 0.25) is 0 Å². The van der Waals surface area contributed by atoms with Crippen molar-refractivity contribution in [2.24, 2.45) is 5.92 Å². The third-order valence-electron chi connectivity index (χ3n) is 3.06. The second kappa shape index (κ2) is 4.08. The molecule has 0 bridgehead atoms. The Labute approximate surface area is 94.0 Å². The highest BCUT2D eigenvalue weighted by molar-refractivity contribution is 5.48. The molecule has 2 unspecified atom stereocenters. The van der Waals surface area contributed by atoms with Gasteiger partial charge in [-0.3, -0.25) is 10.1 Å². The second-order valence-electron chi connectivity index (χ2n) is 4.27. The van der Waals surface area contributed by atoms with Crippen molar-refractivity contribution >= 4 is 11.5 Å². The average Bonchev–Trinajstić information content (AvgIpc) is 2.96. The predicted octanol–water partition coefficient (Wildman–Crippen LogP) is 2.51. The van der Waals surface area contributed by atoms with E-state index in [0.29, 0.717) is 11.6 Å². The molecule has 0 spiro atoms. The Hall–Kier alpha value is -1.65. The van der Waals surface area contributed by atoms with Crippen molar-refractivity contribution in [2.45, 2.75) is 32.7 Å². The van der Waals surface area contributed by atoms with Crippen molar-refractivity contribution in [3.63, 3.8) is 0 Å². The summed E-state index contributed by atoms with van der Waals surface area (Å²) in [5.74, 6) is 1.47. The number of anilines is 1. The molecule has 86 valence electrons. The van der Waals surface area contributed by atoms with Gasteiger partial charge in [0.25, 0.3) is 5.69 Å². The molecule has 0 saturated heterocycles. The van der Waals surface area contributed by atoms with Crippen molar-refractivity contribution in [3.05, 3.63) is 27.9 Å². The first-order valence-electron chi connectivity index (χ1n) is 5.49. The number of nitro groups is 1. The first kappa shape index (κ1) is 10.9. The second-order valence-corrected chi connectivity index (χ2v) is 4.27. The van der Waals surface area contributed by atoms with Crippen molar-refractivity contribution < 1.29 is 4.92 Å². The lowest BCUT2D eigenvalue weighted by atomic mass is 10.2. The quantitative estimate of drug-likeness (QED) is 0.626. The molecule has 2 atom stereocenters. The van der Waals surface area contributed by atoms with E-state index in [2.05, 4.69) is 17.2 Å². The lowest BCUT2D eigenvalue weighted by Gasteiger charge is -2.05. The number of pyridine rings is 1. The summed E-state index contributed by atoms with van der Waals surface area (Å²) in [7, 11) is 0. The van der Waals surface area contributed by atoms with Crippen molar-refractivity contribution in [3.8, 4) is 0 Å². The summed E-state index contributed by atoms with van der Waals surface area (Å²) >= 11 is 0. The number of hydrogen-bond donors (Lipinski definition) is 1. The largest absolute Gasteiger partial charge is 0.367 e. The summed E-state index contributed by atoms with van der Waals surface area (Å²) in [5.41, 5.74) is 0.726. The Bertz CT molecular complexity index is 420. The van der Waals surface area contributed by atoms with Gasteiger partial charge in [0.1, 0.15) is 12.0 Å². The van der Waals surface area contributed by atoms with Gasteiger partial charge in [-0.25, -0.2) is 4.98 Å². The molecule has 5 heteroatoms. The average molecular weight is 221 g/mol. The molecule has 1 heterocycles. The minimum Gasteiger partial charge on any atom is -0.367 e. The van der Waals surface area contributed by atoms with Crippen LogP contribution in [0, 0.1) is 23.0 Å². The maximum atomic E-state index is 10.6. The zero-order valence-corrected chi connectivity index (χ0v) is 9.43. The van der Waals surface area contributed by atoms with Crippen molar-refractivity contribution in [1.29, 1.82) is 0 Å². The van der Waals surface area contributed by atoms with Crippen LogP contribution in [0.5, 0.6) is 0 Å². The summed E-state index contributed by atoms with van der Waals surface area (Å²) in [6, 6.07) is 2.24. The number of aromatic nitrogens is 1. The zero-order valence-electron chi connectivity index (χ0n) is 9.43. The molecule has 0 amide bonds. The summed E-state index contributed by atoms with van der Waals surface area (Å²) in [4.78, 5) is 14.3. The molecule has 1 aromatic heterocycles. The molecule has 0 aromatic carbocycles. The van der Waals surface area contributed by atoms with Gasteiger partial charge < -0.3 is 5.32 Å². The van der Waals surface area contributed by atoms with Crippen LogP contribution in [0.15, 0.2) is 12.3 Å². The molecule has 1 N–H and O–H groups in total. The molecule has 1 aliphatic carbocycles. The summed E-state index contributed by atoms with van der Waals surface area (Å²) in [5, 5.41) is 13.9. The van der Waals surface area contributed by atoms with Crippen LogP contribution < -0.4 is 5.32 Å². The molecule has 5 nitrogen and oxygen atoms in total. The Morgan fingerprint density at radius 2 is 2.44 bits per heavy atom. The SMILES string of the molecule is CCC1CC1Nc1cc(C)c([N+](=O)[O-])cn1. The van der Waals surface area contributed by atoms with E-state index in [1.165, 1.54) is 19.0 Å². The summed E-state index contributed by atoms with van der Waals surface area (Å²) in [6.07, 6.45) is 3.67. The van der Waals surface area contributed by atoms with Gasteiger partial charge in [0, 0.05) is 11.6 Å². The van der Waals surface area contributed by atoms with Gasteiger partial charge in [-0.1, -0.05) is 13.3 Å². The van der Waals surface area contributed by atoms with Gasteiger partial charge in [0.05, 0.1) is 4.92 Å². The molecule has 16 heavy (non-hydrogen) atoms. The van der Waals surface area contributed by atoms with Gasteiger partial charge >= 0.3 is 0 Å². The highest BCUT2D eigenvalue weighted by Crippen LogP contribution is 2.36. The van der Waals surface area contributed by atoms with Crippen molar-refractivity contribution in [1.82, 2.24) is 4.98 Å². The fourth-order valence-corrected chi connectivity index (χ4v) is 1.88. The number of nitrogens with zero attached hydrogens (tertiary/aromatic N) is 2. The standard InChI is InChI=1S/C11H15N3O2/c1-3-8-5-9(8)13-11-4-7(2)10(6-12-11)14(15)16/h4,6,8-9H,3,5H2,1-2H3,(H,12,13). The number of aryl methyl sites for hydroxylation is 1. The molecular weight excluding hydrogens is 206 g/mol. The van der Waals surface area contributed by atoms with E-state index in [9.17, 15) is 10.1 Å². The van der Waals surface area contributed by atoms with Crippen LogP contribution in [-0.4, -0.2) is 15.9 Å². The van der Waals surface area contributed by atoms with Crippen LogP contribution in [0.25, 0.3) is 0 Å². The lowest BCUT2D eigenvalue weighted by molar-refractivity contribution is -0.385. The number of nitrogens with one attached hydrogen (secondary N) is 1. The fraction of sp³-hybridized carbons (Fsp3) is 0.545. The van der Waals surface area contributed by atoms with Gasteiger partial charge in [-0.2, -0.15) is 0 Å². The first-order valence-corrected chi connectivity index (χ1v) is 5.49. The first-order chi connectivity index (χ1) is 7.61. The minimum absolute atomic E-state index is 0.0772. The van der Waals surface area contributed by atoms with Crippen LogP contribution in [0.2, 0.25) is 0 Å². The van der Waals surface area contributed by atoms with Gasteiger partial charge in [-0.15, -0.1) is 0 Å². The van der Waals surface area contributed by atoms with E-state index < -0.39 is 4.92 Å². The van der Waals surface area contributed by atoms with Gasteiger partial charge in [0.15, 0.2) is 0 Å². The maximum Gasteiger partial charge on any atom is 0.290 e. The van der Waals surface area contributed by atoms with Crippen molar-refractivity contribution in [2.75, 3.05) is 5.32 Å². The Kier molecular flexibility index (Phi) is 2.77. The number of rotatable bonds is 4. The topological polar surface area (TPSA) is 68.1 Å². The van der Waals surface area contributed by atoms with E-state index in [1.54, 1.807) is 13.0 Å². The van der Waals surface area contributed by atoms with Crippen LogP contribution in [-0.2, 0) is 0 Å². The molecule has 1 aromatic rings.